The minimum absolute atomic E-state index is 0.0651. The van der Waals surface area contributed by atoms with Crippen LogP contribution in [0.2, 0.25) is 0 Å². The third-order valence-corrected chi connectivity index (χ3v) is 1.23. The fraction of sp³-hybridized carbons (Fsp3) is 0.750. The van der Waals surface area contributed by atoms with E-state index < -0.39 is 19.0 Å². The van der Waals surface area contributed by atoms with Crippen molar-refractivity contribution in [3.05, 3.63) is 12.7 Å². The van der Waals surface area contributed by atoms with E-state index in [9.17, 15) is 17.6 Å². The standard InChI is InChI=1S/C8H12F4O2/c1-2-3-13-4-5-14-6-7(9)8(10,11)12/h2,7H,1,3-6H2. The van der Waals surface area contributed by atoms with E-state index in [4.69, 9.17) is 4.74 Å². The minimum atomic E-state index is -4.85. The molecule has 0 rings (SSSR count). The van der Waals surface area contributed by atoms with Gasteiger partial charge in [0.1, 0.15) is 0 Å². The van der Waals surface area contributed by atoms with Gasteiger partial charge in [-0.05, 0) is 0 Å². The molecule has 0 N–H and O–H groups in total. The van der Waals surface area contributed by atoms with Crippen LogP contribution >= 0.6 is 0 Å². The van der Waals surface area contributed by atoms with Crippen LogP contribution in [0.25, 0.3) is 0 Å². The van der Waals surface area contributed by atoms with E-state index in [0.29, 0.717) is 6.61 Å². The molecular weight excluding hydrogens is 204 g/mol. The Labute approximate surface area is 79.5 Å². The predicted octanol–water partition coefficient (Wildman–Crippen LogP) is 2.11. The fourth-order valence-corrected chi connectivity index (χ4v) is 0.566. The van der Waals surface area contributed by atoms with Crippen molar-refractivity contribution in [2.75, 3.05) is 26.4 Å². The van der Waals surface area contributed by atoms with Crippen molar-refractivity contribution in [2.45, 2.75) is 12.3 Å². The van der Waals surface area contributed by atoms with E-state index >= 15 is 0 Å². The van der Waals surface area contributed by atoms with Gasteiger partial charge in [-0.15, -0.1) is 6.58 Å². The molecule has 0 amide bonds. The lowest BCUT2D eigenvalue weighted by Gasteiger charge is -2.12. The zero-order valence-corrected chi connectivity index (χ0v) is 7.52. The Morgan fingerprint density at radius 3 is 2.29 bits per heavy atom. The van der Waals surface area contributed by atoms with Crippen LogP contribution in [0.3, 0.4) is 0 Å². The Morgan fingerprint density at radius 1 is 1.21 bits per heavy atom. The van der Waals surface area contributed by atoms with Crippen molar-refractivity contribution in [1.82, 2.24) is 0 Å². The fourth-order valence-electron chi connectivity index (χ4n) is 0.566. The topological polar surface area (TPSA) is 18.5 Å². The molecule has 0 heterocycles. The van der Waals surface area contributed by atoms with Crippen molar-refractivity contribution in [1.29, 1.82) is 0 Å². The number of alkyl halides is 4. The zero-order chi connectivity index (χ0) is 11.0. The molecular formula is C8H12F4O2. The first-order valence-electron chi connectivity index (χ1n) is 3.95. The highest BCUT2D eigenvalue weighted by Crippen LogP contribution is 2.22. The lowest BCUT2D eigenvalue weighted by molar-refractivity contribution is -0.194. The highest BCUT2D eigenvalue weighted by molar-refractivity contribution is 4.65. The van der Waals surface area contributed by atoms with Gasteiger partial charge in [-0.25, -0.2) is 4.39 Å². The van der Waals surface area contributed by atoms with Gasteiger partial charge in [-0.3, -0.25) is 0 Å². The molecule has 0 saturated carbocycles. The monoisotopic (exact) mass is 216 g/mol. The summed E-state index contributed by atoms with van der Waals surface area (Å²) in [5.74, 6) is 0. The summed E-state index contributed by atoms with van der Waals surface area (Å²) in [4.78, 5) is 0. The second-order valence-corrected chi connectivity index (χ2v) is 2.45. The number of ether oxygens (including phenoxy) is 2. The van der Waals surface area contributed by atoms with E-state index in [-0.39, 0.29) is 13.2 Å². The Kier molecular flexibility index (Phi) is 6.48. The average Bonchev–Trinajstić information content (AvgIpc) is 2.09. The summed E-state index contributed by atoms with van der Waals surface area (Å²) < 4.78 is 56.1. The summed E-state index contributed by atoms with van der Waals surface area (Å²) in [6.45, 7) is 2.73. The maximum Gasteiger partial charge on any atom is 0.421 e. The summed E-state index contributed by atoms with van der Waals surface area (Å²) in [7, 11) is 0. The SMILES string of the molecule is C=CCOCCOCC(F)C(F)(F)F. The van der Waals surface area contributed by atoms with Gasteiger partial charge in [0, 0.05) is 0 Å². The van der Waals surface area contributed by atoms with Crippen molar-refractivity contribution < 1.29 is 27.0 Å². The summed E-state index contributed by atoms with van der Waals surface area (Å²) >= 11 is 0. The third kappa shape index (κ3) is 6.85. The molecule has 14 heavy (non-hydrogen) atoms. The van der Waals surface area contributed by atoms with Crippen LogP contribution in [-0.2, 0) is 9.47 Å². The first kappa shape index (κ1) is 13.4. The molecule has 0 saturated heterocycles. The van der Waals surface area contributed by atoms with Gasteiger partial charge in [0.25, 0.3) is 0 Å². The Bertz CT molecular complexity index is 158. The van der Waals surface area contributed by atoms with Gasteiger partial charge in [-0.1, -0.05) is 6.08 Å². The van der Waals surface area contributed by atoms with Crippen molar-refractivity contribution >= 4 is 0 Å². The first-order chi connectivity index (χ1) is 6.48. The van der Waals surface area contributed by atoms with E-state index in [1.54, 1.807) is 0 Å². The predicted molar refractivity (Wildman–Crippen MR) is 42.8 cm³/mol. The lowest BCUT2D eigenvalue weighted by Crippen LogP contribution is -2.29. The Hall–Kier alpha value is -0.620. The molecule has 2 nitrogen and oxygen atoms in total. The molecule has 0 radical (unpaired) electrons. The molecule has 0 aromatic rings. The van der Waals surface area contributed by atoms with Gasteiger partial charge in [0.05, 0.1) is 26.4 Å². The molecule has 0 aromatic carbocycles. The van der Waals surface area contributed by atoms with Gasteiger partial charge >= 0.3 is 6.18 Å². The Balaban J connectivity index is 3.32. The van der Waals surface area contributed by atoms with E-state index in [1.807, 2.05) is 0 Å². The van der Waals surface area contributed by atoms with Crippen LogP contribution in [0.15, 0.2) is 12.7 Å². The maximum absolute atomic E-state index is 12.2. The summed E-state index contributed by atoms with van der Waals surface area (Å²) in [6.07, 6.45) is -6.28. The number of hydrogen-bond donors (Lipinski definition) is 0. The molecule has 0 spiro atoms. The first-order valence-corrected chi connectivity index (χ1v) is 3.95. The van der Waals surface area contributed by atoms with Crippen LogP contribution in [0.4, 0.5) is 17.6 Å². The van der Waals surface area contributed by atoms with Gasteiger partial charge in [-0.2, -0.15) is 13.2 Å². The zero-order valence-electron chi connectivity index (χ0n) is 7.52. The van der Waals surface area contributed by atoms with E-state index in [0.717, 1.165) is 0 Å². The molecule has 0 aliphatic carbocycles. The third-order valence-electron chi connectivity index (χ3n) is 1.23. The molecule has 0 aliphatic heterocycles. The maximum atomic E-state index is 12.2. The van der Waals surface area contributed by atoms with Crippen LogP contribution < -0.4 is 0 Å². The second-order valence-electron chi connectivity index (χ2n) is 2.45. The van der Waals surface area contributed by atoms with Crippen molar-refractivity contribution in [3.63, 3.8) is 0 Å². The van der Waals surface area contributed by atoms with Gasteiger partial charge < -0.3 is 9.47 Å². The molecule has 0 bridgehead atoms. The molecule has 6 heteroatoms. The largest absolute Gasteiger partial charge is 0.421 e. The summed E-state index contributed by atoms with van der Waals surface area (Å²) in [5, 5.41) is 0. The van der Waals surface area contributed by atoms with Crippen molar-refractivity contribution in [2.24, 2.45) is 0 Å². The molecule has 1 unspecified atom stereocenters. The summed E-state index contributed by atoms with van der Waals surface area (Å²) in [6, 6.07) is 0. The molecule has 0 aliphatic rings. The Morgan fingerprint density at radius 2 is 1.79 bits per heavy atom. The summed E-state index contributed by atoms with van der Waals surface area (Å²) in [5.41, 5.74) is 0. The van der Waals surface area contributed by atoms with Crippen LogP contribution in [0.5, 0.6) is 0 Å². The van der Waals surface area contributed by atoms with E-state index in [1.165, 1.54) is 6.08 Å². The van der Waals surface area contributed by atoms with E-state index in [2.05, 4.69) is 11.3 Å². The highest BCUT2D eigenvalue weighted by atomic mass is 19.4. The molecule has 0 aromatic heterocycles. The van der Waals surface area contributed by atoms with Crippen LogP contribution in [0.1, 0.15) is 0 Å². The number of rotatable bonds is 7. The lowest BCUT2D eigenvalue weighted by atomic mass is 10.4. The quantitative estimate of drug-likeness (QED) is 0.368. The minimum Gasteiger partial charge on any atom is -0.376 e. The smallest absolute Gasteiger partial charge is 0.376 e. The normalized spacial score (nSPS) is 14.0. The van der Waals surface area contributed by atoms with Crippen molar-refractivity contribution in [3.8, 4) is 0 Å². The van der Waals surface area contributed by atoms with Crippen LogP contribution in [0, 0.1) is 0 Å². The molecule has 0 fully saturated rings. The van der Waals surface area contributed by atoms with Crippen LogP contribution in [-0.4, -0.2) is 38.8 Å². The van der Waals surface area contributed by atoms with Gasteiger partial charge in [0.15, 0.2) is 0 Å². The average molecular weight is 216 g/mol. The number of halogens is 4. The molecule has 1 atom stereocenters. The highest BCUT2D eigenvalue weighted by Gasteiger charge is 2.40. The van der Waals surface area contributed by atoms with Gasteiger partial charge in [0.2, 0.25) is 6.17 Å². The molecule has 84 valence electrons. The number of hydrogen-bond acceptors (Lipinski definition) is 2. The second kappa shape index (κ2) is 6.78.